The minimum absolute atomic E-state index is 0.683. The number of aryl methyl sites for hydroxylation is 1. The zero-order valence-electron chi connectivity index (χ0n) is 8.57. The van der Waals surface area contributed by atoms with Gasteiger partial charge in [-0.25, -0.2) is 0 Å². The van der Waals surface area contributed by atoms with Crippen LogP contribution in [0.4, 0.5) is 0 Å². The van der Waals surface area contributed by atoms with Crippen LogP contribution in [0, 0.1) is 6.92 Å². The number of rotatable bonds is 3. The van der Waals surface area contributed by atoms with Crippen LogP contribution < -0.4 is 0 Å². The van der Waals surface area contributed by atoms with Crippen LogP contribution >= 0.6 is 0 Å². The molecule has 0 bridgehead atoms. The van der Waals surface area contributed by atoms with Crippen LogP contribution in [-0.2, 0) is 0 Å². The lowest BCUT2D eigenvalue weighted by atomic mass is 10.2. The second kappa shape index (κ2) is 5.12. The average molecular weight is 186 g/mol. The summed E-state index contributed by atoms with van der Waals surface area (Å²) < 4.78 is 0. The minimum Gasteiger partial charge on any atom is -0.255 e. The Balaban J connectivity index is 2.75. The first-order valence-corrected chi connectivity index (χ1v) is 4.51. The van der Waals surface area contributed by atoms with Gasteiger partial charge in [0.25, 0.3) is 0 Å². The zero-order chi connectivity index (χ0) is 10.4. The van der Waals surface area contributed by atoms with Crippen LogP contribution in [0.25, 0.3) is 5.70 Å². The summed E-state index contributed by atoms with van der Waals surface area (Å²) >= 11 is 0. The number of pyridine rings is 1. The lowest BCUT2D eigenvalue weighted by molar-refractivity contribution is 1.22. The molecule has 0 aliphatic carbocycles. The Kier molecular flexibility index (Phi) is 3.80. The molecule has 0 amide bonds. The summed E-state index contributed by atoms with van der Waals surface area (Å²) in [5.74, 6) is 0. The van der Waals surface area contributed by atoms with E-state index in [0.29, 0.717) is 5.70 Å². The van der Waals surface area contributed by atoms with Crippen molar-refractivity contribution in [2.24, 2.45) is 4.99 Å². The molecular weight excluding hydrogens is 172 g/mol. The third kappa shape index (κ3) is 2.98. The van der Waals surface area contributed by atoms with Gasteiger partial charge in [-0.05, 0) is 31.6 Å². The number of hydrogen-bond acceptors (Lipinski definition) is 2. The molecule has 1 aromatic rings. The Bertz CT molecular complexity index is 358. The van der Waals surface area contributed by atoms with Crippen LogP contribution in [-0.4, -0.2) is 11.2 Å². The largest absolute Gasteiger partial charge is 0.255 e. The van der Waals surface area contributed by atoms with Crippen LogP contribution in [0.15, 0.2) is 42.1 Å². The third-order valence-corrected chi connectivity index (χ3v) is 1.72. The summed E-state index contributed by atoms with van der Waals surface area (Å²) in [4.78, 5) is 8.36. The van der Waals surface area contributed by atoms with Crippen molar-refractivity contribution in [3.8, 4) is 0 Å². The van der Waals surface area contributed by atoms with Crippen LogP contribution in [0.2, 0.25) is 0 Å². The lowest BCUT2D eigenvalue weighted by Crippen LogP contribution is -1.86. The van der Waals surface area contributed by atoms with Gasteiger partial charge in [0.15, 0.2) is 0 Å². The minimum atomic E-state index is 0.683. The molecule has 14 heavy (non-hydrogen) atoms. The summed E-state index contributed by atoms with van der Waals surface area (Å²) in [6.07, 6.45) is 7.30. The normalized spacial score (nSPS) is 11.3. The SMILES string of the molecule is C=C(N=C/C=C\C)c1ccc(C)cn1. The molecule has 0 aliphatic rings. The van der Waals surface area contributed by atoms with Crippen LogP contribution in [0.1, 0.15) is 18.2 Å². The maximum atomic E-state index is 4.22. The molecule has 0 aromatic carbocycles. The fourth-order valence-electron chi connectivity index (χ4n) is 0.924. The fraction of sp³-hybridized carbons (Fsp3) is 0.167. The summed E-state index contributed by atoms with van der Waals surface area (Å²) in [5, 5.41) is 0. The van der Waals surface area contributed by atoms with Gasteiger partial charge in [0.2, 0.25) is 0 Å². The summed E-state index contributed by atoms with van der Waals surface area (Å²) in [7, 11) is 0. The number of hydrogen-bond donors (Lipinski definition) is 0. The maximum Gasteiger partial charge on any atom is 0.0880 e. The van der Waals surface area contributed by atoms with Gasteiger partial charge in [-0.1, -0.05) is 18.7 Å². The molecule has 2 heteroatoms. The van der Waals surface area contributed by atoms with Gasteiger partial charge in [0.05, 0.1) is 11.4 Å². The van der Waals surface area contributed by atoms with Crippen LogP contribution in [0.5, 0.6) is 0 Å². The van der Waals surface area contributed by atoms with E-state index in [1.54, 1.807) is 6.21 Å². The molecule has 0 radical (unpaired) electrons. The average Bonchev–Trinajstić information content (AvgIpc) is 2.19. The van der Waals surface area contributed by atoms with Gasteiger partial charge < -0.3 is 0 Å². The van der Waals surface area contributed by atoms with Crippen molar-refractivity contribution in [2.45, 2.75) is 13.8 Å². The molecule has 0 spiro atoms. The number of aliphatic imine (C=N–C) groups is 1. The second-order valence-electron chi connectivity index (χ2n) is 2.97. The molecule has 0 fully saturated rings. The van der Waals surface area contributed by atoms with E-state index in [2.05, 4.69) is 16.6 Å². The maximum absolute atomic E-state index is 4.22. The van der Waals surface area contributed by atoms with Gasteiger partial charge in [0, 0.05) is 12.4 Å². The standard InChI is InChI=1S/C12H14N2/c1-4-5-8-13-11(3)12-7-6-10(2)9-14-12/h4-9H,3H2,1-2H3/b5-4-,13-8?. The van der Waals surface area contributed by atoms with Crippen molar-refractivity contribution in [1.29, 1.82) is 0 Å². The molecule has 0 unspecified atom stereocenters. The van der Waals surface area contributed by atoms with E-state index in [-0.39, 0.29) is 0 Å². The van der Waals surface area contributed by atoms with E-state index >= 15 is 0 Å². The van der Waals surface area contributed by atoms with Crippen molar-refractivity contribution < 1.29 is 0 Å². The van der Waals surface area contributed by atoms with Gasteiger partial charge in [-0.2, -0.15) is 0 Å². The molecule has 0 saturated carbocycles. The Labute approximate surface area is 84.7 Å². The Morgan fingerprint density at radius 1 is 1.50 bits per heavy atom. The van der Waals surface area contributed by atoms with Gasteiger partial charge >= 0.3 is 0 Å². The Morgan fingerprint density at radius 3 is 2.86 bits per heavy atom. The first-order chi connectivity index (χ1) is 6.74. The monoisotopic (exact) mass is 186 g/mol. The lowest BCUT2D eigenvalue weighted by Gasteiger charge is -1.98. The molecule has 1 aromatic heterocycles. The fourth-order valence-corrected chi connectivity index (χ4v) is 0.924. The highest BCUT2D eigenvalue weighted by Gasteiger charge is 1.95. The van der Waals surface area contributed by atoms with Crippen molar-refractivity contribution in [3.63, 3.8) is 0 Å². The van der Waals surface area contributed by atoms with Crippen molar-refractivity contribution >= 4 is 11.9 Å². The Hall–Kier alpha value is -1.70. The molecule has 1 heterocycles. The van der Waals surface area contributed by atoms with Crippen molar-refractivity contribution in [3.05, 3.63) is 48.3 Å². The van der Waals surface area contributed by atoms with Gasteiger partial charge in [-0.3, -0.25) is 9.98 Å². The highest BCUT2D eigenvalue weighted by Crippen LogP contribution is 2.10. The van der Waals surface area contributed by atoms with Crippen LogP contribution in [0.3, 0.4) is 0 Å². The summed E-state index contributed by atoms with van der Waals surface area (Å²) in [5.41, 5.74) is 2.64. The molecule has 0 atom stereocenters. The van der Waals surface area contributed by atoms with E-state index in [9.17, 15) is 0 Å². The first-order valence-electron chi connectivity index (χ1n) is 4.51. The smallest absolute Gasteiger partial charge is 0.0880 e. The molecule has 1 rings (SSSR count). The van der Waals surface area contributed by atoms with Gasteiger partial charge in [0.1, 0.15) is 0 Å². The van der Waals surface area contributed by atoms with E-state index in [1.807, 2.05) is 44.3 Å². The highest BCUT2D eigenvalue weighted by atomic mass is 14.8. The number of allylic oxidation sites excluding steroid dienone is 2. The third-order valence-electron chi connectivity index (χ3n) is 1.72. The Morgan fingerprint density at radius 2 is 2.29 bits per heavy atom. The molecule has 2 nitrogen and oxygen atoms in total. The molecule has 0 saturated heterocycles. The molecular formula is C12H14N2. The molecule has 0 aliphatic heterocycles. The highest BCUT2D eigenvalue weighted by molar-refractivity contribution is 5.78. The predicted octanol–water partition coefficient (Wildman–Crippen LogP) is 3.01. The van der Waals surface area contributed by atoms with Gasteiger partial charge in [-0.15, -0.1) is 0 Å². The van der Waals surface area contributed by atoms with E-state index in [0.717, 1.165) is 11.3 Å². The molecule has 72 valence electrons. The number of nitrogens with zero attached hydrogens (tertiary/aromatic N) is 2. The van der Waals surface area contributed by atoms with Crippen molar-refractivity contribution in [1.82, 2.24) is 4.98 Å². The summed E-state index contributed by atoms with van der Waals surface area (Å²) in [6.45, 7) is 7.78. The molecule has 0 N–H and O–H groups in total. The van der Waals surface area contributed by atoms with E-state index in [4.69, 9.17) is 0 Å². The second-order valence-corrected chi connectivity index (χ2v) is 2.97. The van der Waals surface area contributed by atoms with E-state index < -0.39 is 0 Å². The predicted molar refractivity (Wildman–Crippen MR) is 61.3 cm³/mol. The first kappa shape index (κ1) is 10.4. The quantitative estimate of drug-likeness (QED) is 0.666. The topological polar surface area (TPSA) is 25.2 Å². The number of aromatic nitrogens is 1. The van der Waals surface area contributed by atoms with E-state index in [1.165, 1.54) is 0 Å². The van der Waals surface area contributed by atoms with Crippen molar-refractivity contribution in [2.75, 3.05) is 0 Å². The summed E-state index contributed by atoms with van der Waals surface area (Å²) in [6, 6.07) is 3.92. The zero-order valence-corrected chi connectivity index (χ0v) is 8.57.